The predicted molar refractivity (Wildman–Crippen MR) is 74.0 cm³/mol. The molecule has 0 unspecified atom stereocenters. The van der Waals surface area contributed by atoms with Gasteiger partial charge in [-0.05, 0) is 34.7 Å². The van der Waals surface area contributed by atoms with Crippen LogP contribution in [0.25, 0.3) is 0 Å². The molecule has 0 atom stereocenters. The van der Waals surface area contributed by atoms with Crippen molar-refractivity contribution in [2.45, 2.75) is 32.1 Å². The summed E-state index contributed by atoms with van der Waals surface area (Å²) < 4.78 is 0.804. The summed E-state index contributed by atoms with van der Waals surface area (Å²) in [4.78, 5) is 10.4. The van der Waals surface area contributed by atoms with Gasteiger partial charge < -0.3 is 10.6 Å². The van der Waals surface area contributed by atoms with E-state index < -0.39 is 0 Å². The zero-order valence-electron chi connectivity index (χ0n) is 10.2. The summed E-state index contributed by atoms with van der Waals surface area (Å²) in [5, 5.41) is 0. The summed E-state index contributed by atoms with van der Waals surface area (Å²) in [5.74, 6) is 2.19. The average molecular weight is 299 g/mol. The van der Waals surface area contributed by atoms with E-state index in [4.69, 9.17) is 5.73 Å². The zero-order valence-corrected chi connectivity index (χ0v) is 11.8. The highest BCUT2D eigenvalue weighted by atomic mass is 79.9. The van der Waals surface area contributed by atoms with Gasteiger partial charge in [0.05, 0.1) is 0 Å². The van der Waals surface area contributed by atoms with E-state index in [1.807, 2.05) is 0 Å². The molecule has 0 bridgehead atoms. The first-order valence-electron chi connectivity index (χ1n) is 6.15. The van der Waals surface area contributed by atoms with Gasteiger partial charge >= 0.3 is 0 Å². The number of hydrogen-bond donors (Lipinski definition) is 1. The molecule has 0 radical (unpaired) electrons. The highest BCUT2D eigenvalue weighted by molar-refractivity contribution is 9.10. The fourth-order valence-corrected chi connectivity index (χ4v) is 2.99. The van der Waals surface area contributed by atoms with Crippen LogP contribution in [-0.4, -0.2) is 23.6 Å². The number of halogens is 1. The molecule has 4 nitrogen and oxygen atoms in total. The Balaban J connectivity index is 2.03. The van der Waals surface area contributed by atoms with Gasteiger partial charge in [-0.3, -0.25) is 0 Å². The molecule has 1 heterocycles. The Bertz CT molecular complexity index is 377. The molecule has 2 N–H and O–H groups in total. The van der Waals surface area contributed by atoms with Crippen LogP contribution < -0.4 is 10.6 Å². The molecule has 1 fully saturated rings. The molecule has 0 saturated heterocycles. The third-order valence-electron chi connectivity index (χ3n) is 3.42. The maximum absolute atomic E-state index is 5.77. The second-order valence-corrected chi connectivity index (χ2v) is 5.57. The van der Waals surface area contributed by atoms with Gasteiger partial charge in [0.2, 0.25) is 0 Å². The zero-order chi connectivity index (χ0) is 12.3. The maximum atomic E-state index is 5.77. The number of aromatic nitrogens is 2. The first kappa shape index (κ1) is 12.6. The van der Waals surface area contributed by atoms with Crippen LogP contribution in [0.3, 0.4) is 0 Å². The molecule has 0 aromatic carbocycles. The largest absolute Gasteiger partial charge is 0.383 e. The molecule has 94 valence electrons. The third kappa shape index (κ3) is 3.09. The molecule has 1 aromatic heterocycles. The first-order valence-corrected chi connectivity index (χ1v) is 6.95. The van der Waals surface area contributed by atoms with Gasteiger partial charge in [-0.15, -0.1) is 0 Å². The minimum absolute atomic E-state index is 0.505. The molecule has 5 heteroatoms. The van der Waals surface area contributed by atoms with Crippen molar-refractivity contribution >= 4 is 27.6 Å². The number of hydrogen-bond acceptors (Lipinski definition) is 4. The van der Waals surface area contributed by atoms with Gasteiger partial charge in [-0.2, -0.15) is 0 Å². The quantitative estimate of drug-likeness (QED) is 0.932. The van der Waals surface area contributed by atoms with E-state index >= 15 is 0 Å². The SMILES string of the molecule is CN(CC1CCCCC1)c1ncnc(N)c1Br. The van der Waals surface area contributed by atoms with Gasteiger partial charge in [0.25, 0.3) is 0 Å². The van der Waals surface area contributed by atoms with E-state index in [1.165, 1.54) is 38.4 Å². The molecular weight excluding hydrogens is 280 g/mol. The van der Waals surface area contributed by atoms with Crippen LogP contribution in [0.15, 0.2) is 10.8 Å². The maximum Gasteiger partial charge on any atom is 0.148 e. The van der Waals surface area contributed by atoms with Gasteiger partial charge in [-0.1, -0.05) is 19.3 Å². The number of nitrogen functional groups attached to an aromatic ring is 1. The second-order valence-electron chi connectivity index (χ2n) is 4.78. The van der Waals surface area contributed by atoms with Crippen LogP contribution in [-0.2, 0) is 0 Å². The second kappa shape index (κ2) is 5.67. The van der Waals surface area contributed by atoms with Crippen LogP contribution in [0, 0.1) is 5.92 Å². The van der Waals surface area contributed by atoms with Crippen LogP contribution in [0.5, 0.6) is 0 Å². The van der Waals surface area contributed by atoms with Gasteiger partial charge in [-0.25, -0.2) is 9.97 Å². The Morgan fingerprint density at radius 1 is 1.35 bits per heavy atom. The predicted octanol–water partition coefficient (Wildman–Crippen LogP) is 2.84. The summed E-state index contributed by atoms with van der Waals surface area (Å²) in [6.07, 6.45) is 8.32. The minimum atomic E-state index is 0.505. The number of nitrogens with zero attached hydrogens (tertiary/aromatic N) is 3. The van der Waals surface area contributed by atoms with Crippen molar-refractivity contribution < 1.29 is 0 Å². The molecule has 1 aromatic rings. The highest BCUT2D eigenvalue weighted by Gasteiger charge is 2.18. The van der Waals surface area contributed by atoms with E-state index in [2.05, 4.69) is 37.8 Å². The van der Waals surface area contributed by atoms with E-state index in [0.29, 0.717) is 5.82 Å². The van der Waals surface area contributed by atoms with E-state index in [9.17, 15) is 0 Å². The van der Waals surface area contributed by atoms with Crippen molar-refractivity contribution in [1.82, 2.24) is 9.97 Å². The Labute approximate surface area is 111 Å². The molecule has 1 aliphatic rings. The Morgan fingerprint density at radius 2 is 2.06 bits per heavy atom. The van der Waals surface area contributed by atoms with Crippen molar-refractivity contribution in [2.24, 2.45) is 5.92 Å². The van der Waals surface area contributed by atoms with Crippen LogP contribution in [0.2, 0.25) is 0 Å². The molecule has 17 heavy (non-hydrogen) atoms. The summed E-state index contributed by atoms with van der Waals surface area (Å²) >= 11 is 3.45. The molecule has 1 saturated carbocycles. The molecule has 2 rings (SSSR count). The molecule has 0 spiro atoms. The summed E-state index contributed by atoms with van der Waals surface area (Å²) in [6.45, 7) is 1.05. The normalized spacial score (nSPS) is 17.1. The fourth-order valence-electron chi connectivity index (χ4n) is 2.48. The van der Waals surface area contributed by atoms with Gasteiger partial charge in [0, 0.05) is 13.6 Å². The lowest BCUT2D eigenvalue weighted by molar-refractivity contribution is 0.361. The molecule has 1 aliphatic carbocycles. The van der Waals surface area contributed by atoms with Crippen LogP contribution in [0.1, 0.15) is 32.1 Å². The Kier molecular flexibility index (Phi) is 4.20. The highest BCUT2D eigenvalue weighted by Crippen LogP contribution is 2.29. The summed E-state index contributed by atoms with van der Waals surface area (Å²) in [6, 6.07) is 0. The van der Waals surface area contributed by atoms with Crippen molar-refractivity contribution in [3.8, 4) is 0 Å². The first-order chi connectivity index (χ1) is 8.18. The molecule has 0 amide bonds. The summed E-state index contributed by atoms with van der Waals surface area (Å²) in [7, 11) is 2.07. The lowest BCUT2D eigenvalue weighted by atomic mass is 9.89. The number of nitrogens with two attached hydrogens (primary N) is 1. The van der Waals surface area contributed by atoms with E-state index in [1.54, 1.807) is 0 Å². The topological polar surface area (TPSA) is 55.0 Å². The van der Waals surface area contributed by atoms with Gasteiger partial charge in [0.15, 0.2) is 0 Å². The lowest BCUT2D eigenvalue weighted by Crippen LogP contribution is -2.28. The Hall–Kier alpha value is -0.840. The van der Waals surface area contributed by atoms with E-state index in [-0.39, 0.29) is 0 Å². The molecule has 0 aliphatic heterocycles. The van der Waals surface area contributed by atoms with Crippen molar-refractivity contribution in [2.75, 3.05) is 24.2 Å². The average Bonchev–Trinajstić information content (AvgIpc) is 2.34. The number of rotatable bonds is 3. The third-order valence-corrected chi connectivity index (χ3v) is 4.18. The van der Waals surface area contributed by atoms with Crippen LogP contribution >= 0.6 is 15.9 Å². The smallest absolute Gasteiger partial charge is 0.148 e. The summed E-state index contributed by atoms with van der Waals surface area (Å²) in [5.41, 5.74) is 5.77. The minimum Gasteiger partial charge on any atom is -0.383 e. The van der Waals surface area contributed by atoms with Crippen molar-refractivity contribution in [3.63, 3.8) is 0 Å². The van der Waals surface area contributed by atoms with E-state index in [0.717, 1.165) is 22.8 Å². The molecular formula is C12H19BrN4. The van der Waals surface area contributed by atoms with Crippen LogP contribution in [0.4, 0.5) is 11.6 Å². The van der Waals surface area contributed by atoms with Crippen molar-refractivity contribution in [1.29, 1.82) is 0 Å². The lowest BCUT2D eigenvalue weighted by Gasteiger charge is -2.28. The Morgan fingerprint density at radius 3 is 2.76 bits per heavy atom. The fraction of sp³-hybridized carbons (Fsp3) is 0.667. The van der Waals surface area contributed by atoms with Crippen molar-refractivity contribution in [3.05, 3.63) is 10.8 Å². The van der Waals surface area contributed by atoms with Gasteiger partial charge in [0.1, 0.15) is 22.4 Å². The standard InChI is InChI=1S/C12H19BrN4/c1-17(7-9-5-3-2-4-6-9)12-10(13)11(14)15-8-16-12/h8-9H,2-7H2,1H3,(H2,14,15,16). The monoisotopic (exact) mass is 298 g/mol. The number of anilines is 2.